The van der Waals surface area contributed by atoms with E-state index >= 15 is 0 Å². The first kappa shape index (κ1) is 13.4. The molecule has 0 bridgehead atoms. The van der Waals surface area contributed by atoms with Crippen LogP contribution in [0, 0.1) is 11.8 Å². The van der Waals surface area contributed by atoms with Gasteiger partial charge in [0.05, 0.1) is 11.6 Å². The number of hydrogen-bond acceptors (Lipinski definition) is 2. The van der Waals surface area contributed by atoms with Crippen LogP contribution in [0.3, 0.4) is 0 Å². The van der Waals surface area contributed by atoms with E-state index in [1.807, 2.05) is 24.1 Å². The summed E-state index contributed by atoms with van der Waals surface area (Å²) < 4.78 is 5.97. The van der Waals surface area contributed by atoms with Crippen molar-refractivity contribution < 1.29 is 9.53 Å². The third-order valence-electron chi connectivity index (χ3n) is 3.53. The topological polar surface area (TPSA) is 29.5 Å². The minimum Gasteiger partial charge on any atom is -0.496 e. The van der Waals surface area contributed by atoms with E-state index in [1.165, 1.54) is 6.42 Å². The molecule has 0 saturated heterocycles. The van der Waals surface area contributed by atoms with Crippen molar-refractivity contribution in [2.45, 2.75) is 13.3 Å². The van der Waals surface area contributed by atoms with Gasteiger partial charge in [-0.05, 0) is 52.4 Å². The molecule has 1 fully saturated rings. The SMILES string of the molecule is COc1ccc(C(=O)N(C)CC2CC2C)cc1Br. The normalized spacial score (nSPS) is 21.6. The van der Waals surface area contributed by atoms with E-state index in [2.05, 4.69) is 22.9 Å². The van der Waals surface area contributed by atoms with Crippen molar-refractivity contribution in [2.75, 3.05) is 20.7 Å². The third-order valence-corrected chi connectivity index (χ3v) is 4.15. The lowest BCUT2D eigenvalue weighted by Gasteiger charge is -2.17. The molecule has 1 aliphatic carbocycles. The first-order valence-electron chi connectivity index (χ1n) is 6.12. The number of carbonyl (C=O) groups excluding carboxylic acids is 1. The van der Waals surface area contributed by atoms with Crippen LogP contribution >= 0.6 is 15.9 Å². The second kappa shape index (κ2) is 5.31. The summed E-state index contributed by atoms with van der Waals surface area (Å²) in [4.78, 5) is 14.0. The van der Waals surface area contributed by atoms with E-state index in [0.717, 1.165) is 22.7 Å². The molecule has 1 aromatic carbocycles. The Morgan fingerprint density at radius 3 is 2.72 bits per heavy atom. The van der Waals surface area contributed by atoms with Gasteiger partial charge >= 0.3 is 0 Å². The molecule has 2 atom stereocenters. The Kier molecular flexibility index (Phi) is 3.95. The van der Waals surface area contributed by atoms with Crippen molar-refractivity contribution in [3.05, 3.63) is 28.2 Å². The molecular weight excluding hydrogens is 294 g/mol. The van der Waals surface area contributed by atoms with Gasteiger partial charge in [0.1, 0.15) is 5.75 Å². The first-order chi connectivity index (χ1) is 8.52. The van der Waals surface area contributed by atoms with Gasteiger partial charge in [-0.15, -0.1) is 0 Å². The summed E-state index contributed by atoms with van der Waals surface area (Å²) in [6, 6.07) is 5.43. The highest BCUT2D eigenvalue weighted by Gasteiger charge is 2.34. The Morgan fingerprint density at radius 1 is 1.56 bits per heavy atom. The van der Waals surface area contributed by atoms with Crippen molar-refractivity contribution in [1.29, 1.82) is 0 Å². The van der Waals surface area contributed by atoms with Gasteiger partial charge in [0, 0.05) is 19.2 Å². The molecule has 2 unspecified atom stereocenters. The lowest BCUT2D eigenvalue weighted by atomic mass is 10.2. The molecule has 0 aromatic heterocycles. The molecule has 0 N–H and O–H groups in total. The highest BCUT2D eigenvalue weighted by molar-refractivity contribution is 9.10. The van der Waals surface area contributed by atoms with Crippen molar-refractivity contribution >= 4 is 21.8 Å². The monoisotopic (exact) mass is 311 g/mol. The Balaban J connectivity index is 2.05. The summed E-state index contributed by atoms with van der Waals surface area (Å²) in [5.41, 5.74) is 0.693. The zero-order valence-electron chi connectivity index (χ0n) is 10.9. The van der Waals surface area contributed by atoms with Crippen LogP contribution in [0.2, 0.25) is 0 Å². The first-order valence-corrected chi connectivity index (χ1v) is 6.91. The number of carbonyl (C=O) groups is 1. The van der Waals surface area contributed by atoms with Gasteiger partial charge in [0.25, 0.3) is 5.91 Å². The van der Waals surface area contributed by atoms with Crippen molar-refractivity contribution in [2.24, 2.45) is 11.8 Å². The molecule has 1 aromatic rings. The number of methoxy groups -OCH3 is 1. The molecule has 0 heterocycles. The van der Waals surface area contributed by atoms with E-state index in [1.54, 1.807) is 13.2 Å². The Morgan fingerprint density at radius 2 is 2.22 bits per heavy atom. The van der Waals surface area contributed by atoms with Gasteiger partial charge in [-0.1, -0.05) is 6.92 Å². The second-order valence-electron chi connectivity index (χ2n) is 5.01. The lowest BCUT2D eigenvalue weighted by molar-refractivity contribution is 0.0787. The standard InChI is InChI=1S/C14H18BrNO2/c1-9-6-11(9)8-16(2)14(17)10-4-5-13(18-3)12(15)7-10/h4-5,7,9,11H,6,8H2,1-3H3. The van der Waals surface area contributed by atoms with Crippen LogP contribution < -0.4 is 4.74 Å². The maximum absolute atomic E-state index is 12.2. The minimum absolute atomic E-state index is 0.0671. The van der Waals surface area contributed by atoms with Gasteiger partial charge in [-0.2, -0.15) is 0 Å². The van der Waals surface area contributed by atoms with E-state index in [-0.39, 0.29) is 5.91 Å². The maximum atomic E-state index is 12.2. The minimum atomic E-state index is 0.0671. The molecular formula is C14H18BrNO2. The van der Waals surface area contributed by atoms with Gasteiger partial charge < -0.3 is 9.64 Å². The van der Waals surface area contributed by atoms with Crippen molar-refractivity contribution in [3.63, 3.8) is 0 Å². The summed E-state index contributed by atoms with van der Waals surface area (Å²) in [5, 5.41) is 0. The van der Waals surface area contributed by atoms with E-state index in [9.17, 15) is 4.79 Å². The molecule has 98 valence electrons. The summed E-state index contributed by atoms with van der Waals surface area (Å²) in [7, 11) is 3.48. The van der Waals surface area contributed by atoms with Gasteiger partial charge in [-0.3, -0.25) is 4.79 Å². The summed E-state index contributed by atoms with van der Waals surface area (Å²) in [6.07, 6.45) is 1.24. The number of benzene rings is 1. The van der Waals surface area contributed by atoms with Crippen LogP contribution in [-0.4, -0.2) is 31.5 Å². The fourth-order valence-corrected chi connectivity index (χ4v) is 2.65. The Hall–Kier alpha value is -1.03. The molecule has 1 amide bonds. The molecule has 0 aliphatic heterocycles. The van der Waals surface area contributed by atoms with Crippen LogP contribution in [0.25, 0.3) is 0 Å². The smallest absolute Gasteiger partial charge is 0.253 e. The van der Waals surface area contributed by atoms with Gasteiger partial charge in [0.15, 0.2) is 0 Å². The second-order valence-corrected chi connectivity index (χ2v) is 5.86. The number of halogens is 1. The average molecular weight is 312 g/mol. The number of rotatable bonds is 4. The van der Waals surface area contributed by atoms with Gasteiger partial charge in [-0.25, -0.2) is 0 Å². The predicted molar refractivity (Wildman–Crippen MR) is 74.9 cm³/mol. The Bertz CT molecular complexity index is 461. The number of amides is 1. The number of ether oxygens (including phenoxy) is 1. The fraction of sp³-hybridized carbons (Fsp3) is 0.500. The summed E-state index contributed by atoms with van der Waals surface area (Å²) in [6.45, 7) is 3.08. The number of nitrogens with zero attached hydrogens (tertiary/aromatic N) is 1. The molecule has 0 radical (unpaired) electrons. The van der Waals surface area contributed by atoms with E-state index < -0.39 is 0 Å². The van der Waals surface area contributed by atoms with Crippen molar-refractivity contribution in [3.8, 4) is 5.75 Å². The Labute approximate surface area is 116 Å². The summed E-state index contributed by atoms with van der Waals surface area (Å²) in [5.74, 6) is 2.26. The highest BCUT2D eigenvalue weighted by atomic mass is 79.9. The molecule has 4 heteroatoms. The van der Waals surface area contributed by atoms with Crippen molar-refractivity contribution in [1.82, 2.24) is 4.90 Å². The average Bonchev–Trinajstić information content (AvgIpc) is 3.03. The third kappa shape index (κ3) is 2.86. The quantitative estimate of drug-likeness (QED) is 0.854. The predicted octanol–water partition coefficient (Wildman–Crippen LogP) is 3.19. The summed E-state index contributed by atoms with van der Waals surface area (Å²) >= 11 is 3.40. The van der Waals surface area contributed by atoms with Crippen LogP contribution in [0.5, 0.6) is 5.75 Å². The molecule has 1 aliphatic rings. The molecule has 1 saturated carbocycles. The highest BCUT2D eigenvalue weighted by Crippen LogP contribution is 2.38. The largest absolute Gasteiger partial charge is 0.496 e. The van der Waals surface area contributed by atoms with Crippen LogP contribution in [0.4, 0.5) is 0 Å². The molecule has 0 spiro atoms. The zero-order valence-corrected chi connectivity index (χ0v) is 12.5. The molecule has 18 heavy (non-hydrogen) atoms. The van der Waals surface area contributed by atoms with Crippen LogP contribution in [0.15, 0.2) is 22.7 Å². The van der Waals surface area contributed by atoms with E-state index in [4.69, 9.17) is 4.74 Å². The fourth-order valence-electron chi connectivity index (χ4n) is 2.11. The van der Waals surface area contributed by atoms with Crippen LogP contribution in [-0.2, 0) is 0 Å². The molecule has 3 nitrogen and oxygen atoms in total. The molecule has 2 rings (SSSR count). The number of hydrogen-bond donors (Lipinski definition) is 0. The lowest BCUT2D eigenvalue weighted by Crippen LogP contribution is -2.29. The van der Waals surface area contributed by atoms with E-state index in [0.29, 0.717) is 11.5 Å². The zero-order chi connectivity index (χ0) is 13.3. The maximum Gasteiger partial charge on any atom is 0.253 e. The van der Waals surface area contributed by atoms with Gasteiger partial charge in [0.2, 0.25) is 0 Å². The van der Waals surface area contributed by atoms with Crippen LogP contribution in [0.1, 0.15) is 23.7 Å².